The molecule has 1 amide bonds. The van der Waals surface area contributed by atoms with Crippen molar-refractivity contribution in [2.24, 2.45) is 5.92 Å². The summed E-state index contributed by atoms with van der Waals surface area (Å²) in [7, 11) is 0. The highest BCUT2D eigenvalue weighted by atomic mass is 19.4. The molecule has 0 spiro atoms. The van der Waals surface area contributed by atoms with Gasteiger partial charge in [0.2, 0.25) is 5.91 Å². The third-order valence-corrected chi connectivity index (χ3v) is 4.51. The maximum absolute atomic E-state index is 12.5. The van der Waals surface area contributed by atoms with E-state index >= 15 is 0 Å². The molecule has 0 aromatic carbocycles. The number of nitrogens with one attached hydrogen (secondary N) is 1. The van der Waals surface area contributed by atoms with Crippen molar-refractivity contribution in [3.8, 4) is 0 Å². The van der Waals surface area contributed by atoms with E-state index < -0.39 is 24.7 Å². The van der Waals surface area contributed by atoms with E-state index in [4.69, 9.17) is 0 Å². The second-order valence-corrected chi connectivity index (χ2v) is 5.92. The average Bonchev–Trinajstić information content (AvgIpc) is 2.42. The molecule has 0 aromatic rings. The minimum Gasteiger partial charge on any atom is -0.333 e. The van der Waals surface area contributed by atoms with Crippen molar-refractivity contribution in [3.05, 3.63) is 0 Å². The molecule has 3 unspecified atom stereocenters. The van der Waals surface area contributed by atoms with Crippen LogP contribution < -0.4 is 5.32 Å². The molecule has 1 saturated heterocycles. The van der Waals surface area contributed by atoms with E-state index in [0.29, 0.717) is 18.4 Å². The predicted molar refractivity (Wildman–Crippen MR) is 70.2 cm³/mol. The number of halogens is 3. The Morgan fingerprint density at radius 3 is 2.55 bits per heavy atom. The molecule has 1 aliphatic carbocycles. The molecule has 2 aliphatic rings. The van der Waals surface area contributed by atoms with Crippen molar-refractivity contribution in [2.75, 3.05) is 13.1 Å². The number of carbonyl (C=O) groups is 1. The second kappa shape index (κ2) is 6.33. The number of alkyl halides is 3. The molecule has 6 heteroatoms. The number of hydrogen-bond acceptors (Lipinski definition) is 2. The van der Waals surface area contributed by atoms with Crippen molar-refractivity contribution in [2.45, 2.75) is 63.7 Å². The van der Waals surface area contributed by atoms with Crippen LogP contribution in [0.1, 0.15) is 45.4 Å². The van der Waals surface area contributed by atoms with Gasteiger partial charge in [0.15, 0.2) is 0 Å². The van der Waals surface area contributed by atoms with Crippen LogP contribution in [0.3, 0.4) is 0 Å². The molecule has 2 fully saturated rings. The lowest BCUT2D eigenvalue weighted by Crippen LogP contribution is -2.56. The quantitative estimate of drug-likeness (QED) is 0.867. The fourth-order valence-electron chi connectivity index (χ4n) is 3.47. The van der Waals surface area contributed by atoms with E-state index in [0.717, 1.165) is 24.2 Å². The van der Waals surface area contributed by atoms with Gasteiger partial charge in [0, 0.05) is 12.6 Å². The van der Waals surface area contributed by atoms with E-state index in [1.165, 1.54) is 12.8 Å². The van der Waals surface area contributed by atoms with Gasteiger partial charge in [0.05, 0.1) is 6.04 Å². The molecule has 3 atom stereocenters. The number of nitrogens with zero attached hydrogens (tertiary/aromatic N) is 1. The van der Waals surface area contributed by atoms with Gasteiger partial charge in [0.1, 0.15) is 6.54 Å². The van der Waals surface area contributed by atoms with Crippen LogP contribution in [-0.2, 0) is 4.79 Å². The van der Waals surface area contributed by atoms with Crippen LogP contribution in [0.2, 0.25) is 0 Å². The highest BCUT2D eigenvalue weighted by Crippen LogP contribution is 2.32. The summed E-state index contributed by atoms with van der Waals surface area (Å²) >= 11 is 0. The normalized spacial score (nSPS) is 30.7. The van der Waals surface area contributed by atoms with Crippen molar-refractivity contribution in [1.29, 1.82) is 0 Å². The Morgan fingerprint density at radius 2 is 1.90 bits per heavy atom. The van der Waals surface area contributed by atoms with Gasteiger partial charge in [-0.1, -0.05) is 12.8 Å². The highest BCUT2D eigenvalue weighted by Gasteiger charge is 2.38. The molecule has 0 aromatic heterocycles. The van der Waals surface area contributed by atoms with Gasteiger partial charge in [-0.15, -0.1) is 0 Å². The number of piperidine rings is 1. The third-order valence-electron chi connectivity index (χ3n) is 4.51. The van der Waals surface area contributed by atoms with Gasteiger partial charge >= 0.3 is 6.18 Å². The number of fused-ring (bicyclic) bond motifs is 1. The summed E-state index contributed by atoms with van der Waals surface area (Å²) in [6, 6.07) is -0.118. The molecule has 20 heavy (non-hydrogen) atoms. The molecular formula is C14H23F3N2O. The highest BCUT2D eigenvalue weighted by molar-refractivity contribution is 5.82. The SMILES string of the molecule is CCN(CC(F)(F)F)C(=O)C1CCC2CCCCC2N1. The number of rotatable bonds is 3. The molecule has 1 saturated carbocycles. The van der Waals surface area contributed by atoms with Gasteiger partial charge < -0.3 is 10.2 Å². The summed E-state index contributed by atoms with van der Waals surface area (Å²) in [6.45, 7) is 0.551. The zero-order chi connectivity index (χ0) is 14.8. The minimum atomic E-state index is -4.33. The first kappa shape index (κ1) is 15.6. The Balaban J connectivity index is 1.94. The van der Waals surface area contributed by atoms with Crippen LogP contribution in [0.5, 0.6) is 0 Å². The summed E-state index contributed by atoms with van der Waals surface area (Å²) in [5.41, 5.74) is 0. The Bertz CT molecular complexity index is 346. The molecule has 2 rings (SSSR count). The summed E-state index contributed by atoms with van der Waals surface area (Å²) in [4.78, 5) is 13.2. The molecule has 0 bridgehead atoms. The van der Waals surface area contributed by atoms with Crippen molar-refractivity contribution in [3.63, 3.8) is 0 Å². The molecule has 3 nitrogen and oxygen atoms in total. The van der Waals surface area contributed by atoms with E-state index in [-0.39, 0.29) is 6.54 Å². The fourth-order valence-corrected chi connectivity index (χ4v) is 3.47. The maximum atomic E-state index is 12.5. The average molecular weight is 292 g/mol. The van der Waals surface area contributed by atoms with Crippen molar-refractivity contribution >= 4 is 5.91 Å². The number of amides is 1. The smallest absolute Gasteiger partial charge is 0.333 e. The lowest BCUT2D eigenvalue weighted by atomic mass is 9.77. The van der Waals surface area contributed by atoms with Gasteiger partial charge in [-0.05, 0) is 38.5 Å². The predicted octanol–water partition coefficient (Wildman–Crippen LogP) is 2.71. The van der Waals surface area contributed by atoms with E-state index in [1.54, 1.807) is 6.92 Å². The number of likely N-dealkylation sites (N-methyl/N-ethyl adjacent to an activating group) is 1. The standard InChI is InChI=1S/C14H23F3N2O/c1-2-19(9-14(15,16)17)13(20)12-8-7-10-5-3-4-6-11(10)18-12/h10-12,18H,2-9H2,1H3. The first-order valence-electron chi connectivity index (χ1n) is 7.52. The summed E-state index contributed by atoms with van der Waals surface area (Å²) in [6.07, 6.45) is 1.89. The van der Waals surface area contributed by atoms with Crippen LogP contribution in [0.15, 0.2) is 0 Å². The number of carbonyl (C=O) groups excluding carboxylic acids is 1. The van der Waals surface area contributed by atoms with Gasteiger partial charge in [-0.3, -0.25) is 4.79 Å². The van der Waals surface area contributed by atoms with Crippen LogP contribution >= 0.6 is 0 Å². The zero-order valence-corrected chi connectivity index (χ0v) is 11.9. The lowest BCUT2D eigenvalue weighted by Gasteiger charge is -2.41. The lowest BCUT2D eigenvalue weighted by molar-refractivity contribution is -0.162. The Morgan fingerprint density at radius 1 is 1.20 bits per heavy atom. The van der Waals surface area contributed by atoms with E-state index in [9.17, 15) is 18.0 Å². The Labute approximate surface area is 117 Å². The Hall–Kier alpha value is -0.780. The largest absolute Gasteiger partial charge is 0.406 e. The van der Waals surface area contributed by atoms with Crippen LogP contribution in [0.25, 0.3) is 0 Å². The molecular weight excluding hydrogens is 269 g/mol. The molecule has 1 heterocycles. The second-order valence-electron chi connectivity index (χ2n) is 5.92. The minimum absolute atomic E-state index is 0.102. The molecule has 1 aliphatic heterocycles. The topological polar surface area (TPSA) is 32.3 Å². The summed E-state index contributed by atoms with van der Waals surface area (Å²) < 4.78 is 37.4. The Kier molecular flexibility index (Phi) is 4.94. The van der Waals surface area contributed by atoms with Crippen LogP contribution in [0, 0.1) is 5.92 Å². The summed E-state index contributed by atoms with van der Waals surface area (Å²) in [5.74, 6) is 0.208. The fraction of sp³-hybridized carbons (Fsp3) is 0.929. The van der Waals surface area contributed by atoms with Gasteiger partial charge in [-0.2, -0.15) is 13.2 Å². The molecule has 1 N–H and O–H groups in total. The zero-order valence-electron chi connectivity index (χ0n) is 11.9. The van der Waals surface area contributed by atoms with Crippen LogP contribution in [-0.4, -0.2) is 42.2 Å². The van der Waals surface area contributed by atoms with E-state index in [2.05, 4.69) is 5.32 Å². The van der Waals surface area contributed by atoms with Gasteiger partial charge in [-0.25, -0.2) is 0 Å². The first-order valence-corrected chi connectivity index (χ1v) is 7.52. The molecule has 0 radical (unpaired) electrons. The molecule has 116 valence electrons. The number of hydrogen-bond donors (Lipinski definition) is 1. The first-order chi connectivity index (χ1) is 9.40. The summed E-state index contributed by atoms with van der Waals surface area (Å²) in [5, 5.41) is 3.30. The monoisotopic (exact) mass is 292 g/mol. The van der Waals surface area contributed by atoms with Crippen molar-refractivity contribution in [1.82, 2.24) is 10.2 Å². The maximum Gasteiger partial charge on any atom is 0.406 e. The third kappa shape index (κ3) is 3.87. The van der Waals surface area contributed by atoms with Crippen LogP contribution in [0.4, 0.5) is 13.2 Å². The van der Waals surface area contributed by atoms with E-state index in [1.807, 2.05) is 0 Å². The van der Waals surface area contributed by atoms with Crippen molar-refractivity contribution < 1.29 is 18.0 Å². The van der Waals surface area contributed by atoms with Gasteiger partial charge in [0.25, 0.3) is 0 Å².